The number of nitrogens with two attached hydrogens (primary N) is 1. The van der Waals surface area contributed by atoms with Crippen LogP contribution in [0.5, 0.6) is 0 Å². The summed E-state index contributed by atoms with van der Waals surface area (Å²) in [4.78, 5) is 0. The Labute approximate surface area is 294 Å². The second kappa shape index (κ2) is 29.0. The summed E-state index contributed by atoms with van der Waals surface area (Å²) >= 11 is 0. The molecule has 1 unspecified atom stereocenters. The zero-order valence-corrected chi connectivity index (χ0v) is 31.1. The molecular formula is C40H77NO7. The van der Waals surface area contributed by atoms with Crippen molar-refractivity contribution in [3.8, 4) is 0 Å². The molecule has 2 saturated heterocycles. The van der Waals surface area contributed by atoms with Gasteiger partial charge in [-0.3, -0.25) is 0 Å². The van der Waals surface area contributed by atoms with Crippen LogP contribution in [-0.2, 0) is 18.9 Å². The molecule has 0 radical (unpaired) electrons. The van der Waals surface area contributed by atoms with E-state index in [-0.39, 0.29) is 13.2 Å². The van der Waals surface area contributed by atoms with Crippen LogP contribution < -0.4 is 5.73 Å². The number of allylic oxidation sites excluding steroid dienone is 1. The van der Waals surface area contributed by atoms with E-state index in [4.69, 9.17) is 24.7 Å². The lowest BCUT2D eigenvalue weighted by Crippen LogP contribution is -2.58. The van der Waals surface area contributed by atoms with Crippen molar-refractivity contribution < 1.29 is 34.3 Å². The summed E-state index contributed by atoms with van der Waals surface area (Å²) in [5.74, 6) is 0. The van der Waals surface area contributed by atoms with Gasteiger partial charge in [0.25, 0.3) is 0 Å². The number of fused-ring (bicyclic) bond motifs is 1. The average Bonchev–Trinajstić information content (AvgIpc) is 3.53. The first-order valence-corrected chi connectivity index (χ1v) is 20.5. The Hall–Kier alpha value is -0.580. The number of hydrogen-bond acceptors (Lipinski definition) is 8. The molecule has 8 heteroatoms. The standard InChI is InChI=1S/C40H77NO7/c1-3-5-7-9-11-13-15-17-19-21-23-25-27-29-34(43)33(41)32-45-40-37(44)39-38(35(31-42)46-40)47-36(48-39)30-28-26-24-22-20-18-16-14-12-10-8-6-4-2/h27,29,33-40,42-44H,3-26,28,30-32,41H2,1-2H3/b29-27+/t33-,34+,35+,36?,37+,38-,39+,40+/m0/s1. The quantitative estimate of drug-likeness (QED) is 0.0411. The van der Waals surface area contributed by atoms with Crippen molar-refractivity contribution in [2.75, 3.05) is 13.2 Å². The maximum absolute atomic E-state index is 11.0. The fraction of sp³-hybridized carbons (Fsp3) is 0.950. The van der Waals surface area contributed by atoms with Crippen LogP contribution in [0.2, 0.25) is 0 Å². The van der Waals surface area contributed by atoms with Gasteiger partial charge in [-0.05, 0) is 25.7 Å². The lowest BCUT2D eigenvalue weighted by molar-refractivity contribution is -0.283. The van der Waals surface area contributed by atoms with Gasteiger partial charge in [0, 0.05) is 0 Å². The maximum atomic E-state index is 11.0. The molecule has 0 amide bonds. The van der Waals surface area contributed by atoms with Crippen LogP contribution >= 0.6 is 0 Å². The highest BCUT2D eigenvalue weighted by atomic mass is 16.8. The van der Waals surface area contributed by atoms with Crippen molar-refractivity contribution in [1.82, 2.24) is 0 Å². The summed E-state index contributed by atoms with van der Waals surface area (Å²) in [6, 6.07) is -0.663. The molecule has 0 aromatic heterocycles. The van der Waals surface area contributed by atoms with E-state index in [9.17, 15) is 15.3 Å². The topological polar surface area (TPSA) is 124 Å². The first-order chi connectivity index (χ1) is 23.5. The van der Waals surface area contributed by atoms with Crippen molar-refractivity contribution in [3.05, 3.63) is 12.2 Å². The van der Waals surface area contributed by atoms with Crippen LogP contribution in [0.4, 0.5) is 0 Å². The van der Waals surface area contributed by atoms with E-state index in [1.54, 1.807) is 6.08 Å². The highest BCUT2D eigenvalue weighted by Crippen LogP contribution is 2.34. The van der Waals surface area contributed by atoms with Gasteiger partial charge in [0.15, 0.2) is 12.6 Å². The number of hydrogen-bond donors (Lipinski definition) is 4. The fourth-order valence-corrected chi connectivity index (χ4v) is 6.96. The molecule has 8 atom stereocenters. The van der Waals surface area contributed by atoms with Crippen LogP contribution in [0.3, 0.4) is 0 Å². The number of aliphatic hydroxyl groups excluding tert-OH is 3. The Kier molecular flexibility index (Phi) is 26.4. The molecule has 0 spiro atoms. The third kappa shape index (κ3) is 19.1. The first kappa shape index (κ1) is 43.6. The van der Waals surface area contributed by atoms with Crippen molar-refractivity contribution in [2.45, 2.75) is 230 Å². The molecule has 284 valence electrons. The highest BCUT2D eigenvalue weighted by molar-refractivity contribution is 4.96. The van der Waals surface area contributed by atoms with E-state index >= 15 is 0 Å². The molecule has 2 aliphatic heterocycles. The van der Waals surface area contributed by atoms with Gasteiger partial charge in [-0.15, -0.1) is 0 Å². The normalized spacial score (nSPS) is 25.5. The van der Waals surface area contributed by atoms with Crippen molar-refractivity contribution in [3.63, 3.8) is 0 Å². The molecule has 0 aromatic rings. The minimum atomic E-state index is -1.07. The molecular weight excluding hydrogens is 606 g/mol. The Balaban J connectivity index is 1.54. The van der Waals surface area contributed by atoms with Crippen molar-refractivity contribution >= 4 is 0 Å². The monoisotopic (exact) mass is 684 g/mol. The van der Waals surface area contributed by atoms with Gasteiger partial charge in [-0.25, -0.2) is 0 Å². The van der Waals surface area contributed by atoms with Gasteiger partial charge in [-0.2, -0.15) is 0 Å². The van der Waals surface area contributed by atoms with E-state index in [1.807, 2.05) is 6.08 Å². The molecule has 2 aliphatic rings. The zero-order valence-electron chi connectivity index (χ0n) is 31.1. The molecule has 0 saturated carbocycles. The van der Waals surface area contributed by atoms with Crippen LogP contribution in [0.25, 0.3) is 0 Å². The van der Waals surface area contributed by atoms with E-state index < -0.39 is 49.1 Å². The third-order valence-corrected chi connectivity index (χ3v) is 10.2. The van der Waals surface area contributed by atoms with Crippen molar-refractivity contribution in [1.29, 1.82) is 0 Å². The van der Waals surface area contributed by atoms with E-state index in [0.29, 0.717) is 0 Å². The van der Waals surface area contributed by atoms with Crippen LogP contribution in [0.1, 0.15) is 181 Å². The molecule has 2 rings (SSSR count). The minimum absolute atomic E-state index is 0.00442. The smallest absolute Gasteiger partial charge is 0.186 e. The molecule has 2 heterocycles. The second-order valence-corrected chi connectivity index (χ2v) is 14.6. The van der Waals surface area contributed by atoms with Crippen LogP contribution in [0.15, 0.2) is 12.2 Å². The van der Waals surface area contributed by atoms with Crippen molar-refractivity contribution in [2.24, 2.45) is 5.73 Å². The molecule has 48 heavy (non-hydrogen) atoms. The Morgan fingerprint density at radius 2 is 1.10 bits per heavy atom. The summed E-state index contributed by atoms with van der Waals surface area (Å²) in [6.45, 7) is 4.27. The molecule has 0 aliphatic carbocycles. The molecule has 2 fully saturated rings. The summed E-state index contributed by atoms with van der Waals surface area (Å²) < 4.78 is 23.9. The van der Waals surface area contributed by atoms with Gasteiger partial charge in [-0.1, -0.05) is 167 Å². The van der Waals surface area contributed by atoms with E-state index in [2.05, 4.69) is 13.8 Å². The van der Waals surface area contributed by atoms with E-state index in [1.165, 1.54) is 135 Å². The van der Waals surface area contributed by atoms with Crippen LogP contribution in [0, 0.1) is 0 Å². The lowest BCUT2D eigenvalue weighted by atomic mass is 9.99. The van der Waals surface area contributed by atoms with Gasteiger partial charge in [0.2, 0.25) is 0 Å². The minimum Gasteiger partial charge on any atom is -0.394 e. The van der Waals surface area contributed by atoms with Gasteiger partial charge >= 0.3 is 0 Å². The van der Waals surface area contributed by atoms with E-state index in [0.717, 1.165) is 32.1 Å². The fourth-order valence-electron chi connectivity index (χ4n) is 6.96. The third-order valence-electron chi connectivity index (χ3n) is 10.2. The van der Waals surface area contributed by atoms with Gasteiger partial charge in [0.1, 0.15) is 24.4 Å². The Morgan fingerprint density at radius 1 is 0.646 bits per heavy atom. The Morgan fingerprint density at radius 3 is 1.60 bits per heavy atom. The highest BCUT2D eigenvalue weighted by Gasteiger charge is 2.52. The second-order valence-electron chi connectivity index (χ2n) is 14.6. The number of ether oxygens (including phenoxy) is 4. The molecule has 5 N–H and O–H groups in total. The predicted molar refractivity (Wildman–Crippen MR) is 196 cm³/mol. The van der Waals surface area contributed by atoms with Gasteiger partial charge in [0.05, 0.1) is 25.4 Å². The summed E-state index contributed by atoms with van der Waals surface area (Å²) in [6.07, 6.45) is 31.5. The maximum Gasteiger partial charge on any atom is 0.186 e. The molecule has 8 nitrogen and oxygen atoms in total. The average molecular weight is 684 g/mol. The summed E-state index contributed by atoms with van der Waals surface area (Å²) in [5, 5.41) is 31.5. The molecule has 0 aromatic carbocycles. The molecule has 0 bridgehead atoms. The zero-order chi connectivity index (χ0) is 34.7. The largest absolute Gasteiger partial charge is 0.394 e. The summed E-state index contributed by atoms with van der Waals surface area (Å²) in [7, 11) is 0. The van der Waals surface area contributed by atoms with Crippen LogP contribution in [-0.4, -0.2) is 77.7 Å². The number of rotatable bonds is 32. The predicted octanol–water partition coefficient (Wildman–Crippen LogP) is 8.62. The number of unbranched alkanes of at least 4 members (excludes halogenated alkanes) is 23. The first-order valence-electron chi connectivity index (χ1n) is 20.5. The van der Waals surface area contributed by atoms with Gasteiger partial charge < -0.3 is 40.0 Å². The summed E-state index contributed by atoms with van der Waals surface area (Å²) in [5.41, 5.74) is 6.19. The Bertz CT molecular complexity index is 755. The lowest BCUT2D eigenvalue weighted by Gasteiger charge is -2.39. The number of aliphatic hydroxyl groups is 3. The SMILES string of the molecule is CCCCCCCCCCCCC/C=C/[C@@H](O)[C@@H](N)CO[C@@H]1O[C@H](CO)[C@@H]2OC(CCCCCCCCCCCCCCC)O[C@@H]2[C@H]1O.